The predicted octanol–water partition coefficient (Wildman–Crippen LogP) is 3.69. The van der Waals surface area contributed by atoms with Gasteiger partial charge in [-0.3, -0.25) is 0 Å². The van der Waals surface area contributed by atoms with Crippen LogP contribution < -0.4 is 5.19 Å². The minimum absolute atomic E-state index is 0.0257. The number of hydrogen-bond acceptors (Lipinski definition) is 1. The second kappa shape index (κ2) is 3.96. The van der Waals surface area contributed by atoms with Gasteiger partial charge in [0.05, 0.1) is 5.60 Å². The van der Waals surface area contributed by atoms with Crippen molar-refractivity contribution in [2.75, 3.05) is 0 Å². The fraction of sp³-hybridized carbons (Fsp3) is 0.600. The molecule has 1 saturated heterocycles. The van der Waals surface area contributed by atoms with E-state index < -0.39 is 8.32 Å². The molecular formula is C15H24OSi. The van der Waals surface area contributed by atoms with Crippen LogP contribution in [-0.4, -0.2) is 13.9 Å². The Kier molecular flexibility index (Phi) is 2.99. The second-order valence-electron chi connectivity index (χ2n) is 6.59. The highest BCUT2D eigenvalue weighted by atomic mass is 28.4. The summed E-state index contributed by atoms with van der Waals surface area (Å²) in [7, 11) is -1.74. The summed E-state index contributed by atoms with van der Waals surface area (Å²) in [5, 5.41) is 1.43. The van der Waals surface area contributed by atoms with Crippen LogP contribution in [-0.2, 0) is 4.43 Å². The first kappa shape index (κ1) is 12.8. The minimum Gasteiger partial charge on any atom is -0.407 e. The van der Waals surface area contributed by atoms with Gasteiger partial charge in [0, 0.05) is 0 Å². The van der Waals surface area contributed by atoms with E-state index in [1.807, 2.05) is 0 Å². The predicted molar refractivity (Wildman–Crippen MR) is 76.1 cm³/mol. The zero-order valence-corrected chi connectivity index (χ0v) is 12.7. The summed E-state index contributed by atoms with van der Waals surface area (Å²) in [6, 6.07) is 12.0. The highest BCUT2D eigenvalue weighted by molar-refractivity contribution is 6.85. The van der Waals surface area contributed by atoms with Gasteiger partial charge in [-0.15, -0.1) is 0 Å². The smallest absolute Gasteiger partial charge is 0.221 e. The molecule has 1 atom stereocenters. The van der Waals surface area contributed by atoms with Gasteiger partial charge in [-0.1, -0.05) is 44.2 Å². The molecule has 0 aromatic heterocycles. The van der Waals surface area contributed by atoms with Crippen LogP contribution in [0.25, 0.3) is 0 Å². The van der Waals surface area contributed by atoms with E-state index in [4.69, 9.17) is 4.43 Å². The number of benzene rings is 1. The lowest BCUT2D eigenvalue weighted by Crippen LogP contribution is -2.61. The molecule has 1 aromatic carbocycles. The van der Waals surface area contributed by atoms with E-state index in [1.54, 1.807) is 0 Å². The Morgan fingerprint density at radius 2 is 1.65 bits per heavy atom. The molecule has 1 nitrogen and oxygen atoms in total. The molecule has 2 rings (SSSR count). The molecule has 1 aliphatic rings. The Balaban J connectivity index is 2.31. The monoisotopic (exact) mass is 248 g/mol. The van der Waals surface area contributed by atoms with E-state index in [9.17, 15) is 0 Å². The zero-order chi connectivity index (χ0) is 12.7. The summed E-state index contributed by atoms with van der Waals surface area (Å²) in [6.07, 6.45) is 1.26. The molecule has 1 aliphatic heterocycles. The Labute approximate surface area is 106 Å². The highest BCUT2D eigenvalue weighted by Gasteiger charge is 2.50. The Morgan fingerprint density at radius 1 is 1.06 bits per heavy atom. The Morgan fingerprint density at radius 3 is 2.18 bits per heavy atom. The van der Waals surface area contributed by atoms with Crippen LogP contribution in [0.4, 0.5) is 0 Å². The van der Waals surface area contributed by atoms with Crippen LogP contribution >= 0.6 is 0 Å². The van der Waals surface area contributed by atoms with Crippen molar-refractivity contribution in [2.45, 2.75) is 52.3 Å². The van der Waals surface area contributed by atoms with Crippen molar-refractivity contribution in [3.8, 4) is 0 Å². The van der Waals surface area contributed by atoms with Crippen LogP contribution in [0.3, 0.4) is 0 Å². The average Bonchev–Trinajstić information content (AvgIpc) is 2.26. The van der Waals surface area contributed by atoms with Gasteiger partial charge in [-0.25, -0.2) is 0 Å². The largest absolute Gasteiger partial charge is 0.407 e. The molecule has 0 bridgehead atoms. The SMILES string of the molecule is CC1(C)CC[Si](C)(c2ccccc2)OC1(C)C. The van der Waals surface area contributed by atoms with Crippen LogP contribution in [0.1, 0.15) is 34.1 Å². The Hall–Kier alpha value is -0.603. The van der Waals surface area contributed by atoms with Crippen molar-refractivity contribution >= 4 is 13.5 Å². The molecular weight excluding hydrogens is 224 g/mol. The van der Waals surface area contributed by atoms with E-state index in [0.717, 1.165) is 0 Å². The third-order valence-electron chi connectivity index (χ3n) is 4.72. The lowest BCUT2D eigenvalue weighted by atomic mass is 9.75. The third-order valence-corrected chi connectivity index (χ3v) is 8.44. The summed E-state index contributed by atoms with van der Waals surface area (Å²) < 4.78 is 6.60. The molecule has 0 aliphatic carbocycles. The quantitative estimate of drug-likeness (QED) is 0.689. The molecule has 1 unspecified atom stereocenters. The van der Waals surface area contributed by atoms with Gasteiger partial charge in [0.25, 0.3) is 0 Å². The van der Waals surface area contributed by atoms with Crippen LogP contribution in [0.15, 0.2) is 30.3 Å². The van der Waals surface area contributed by atoms with Crippen molar-refractivity contribution in [3.63, 3.8) is 0 Å². The molecule has 1 fully saturated rings. The molecule has 0 saturated carbocycles. The zero-order valence-electron chi connectivity index (χ0n) is 11.7. The lowest BCUT2D eigenvalue weighted by Gasteiger charge is -2.52. The molecule has 17 heavy (non-hydrogen) atoms. The van der Waals surface area contributed by atoms with E-state index >= 15 is 0 Å². The number of hydrogen-bond donors (Lipinski definition) is 0. The van der Waals surface area contributed by atoms with Crippen molar-refractivity contribution in [1.29, 1.82) is 0 Å². The van der Waals surface area contributed by atoms with Crippen LogP contribution in [0, 0.1) is 5.41 Å². The van der Waals surface area contributed by atoms with Gasteiger partial charge in [-0.2, -0.15) is 0 Å². The fourth-order valence-corrected chi connectivity index (χ4v) is 6.51. The van der Waals surface area contributed by atoms with Gasteiger partial charge < -0.3 is 4.43 Å². The third kappa shape index (κ3) is 2.21. The summed E-state index contributed by atoms with van der Waals surface area (Å²) in [5.41, 5.74) is 0.246. The second-order valence-corrected chi connectivity index (χ2v) is 10.3. The van der Waals surface area contributed by atoms with Crippen molar-refractivity contribution in [1.82, 2.24) is 0 Å². The summed E-state index contributed by atoms with van der Waals surface area (Å²) in [6.45, 7) is 11.5. The van der Waals surface area contributed by atoms with Gasteiger partial charge in [0.1, 0.15) is 0 Å². The number of rotatable bonds is 1. The van der Waals surface area contributed by atoms with Crippen LogP contribution in [0.5, 0.6) is 0 Å². The fourth-order valence-electron chi connectivity index (χ4n) is 2.60. The molecule has 0 N–H and O–H groups in total. The Bertz CT molecular complexity index is 397. The summed E-state index contributed by atoms with van der Waals surface area (Å²) in [5.74, 6) is 0. The molecule has 0 spiro atoms. The van der Waals surface area contributed by atoms with E-state index in [0.29, 0.717) is 0 Å². The molecule has 0 amide bonds. The van der Waals surface area contributed by atoms with E-state index in [2.05, 4.69) is 64.6 Å². The first-order valence-corrected chi connectivity index (χ1v) is 9.14. The average molecular weight is 248 g/mol. The first-order valence-electron chi connectivity index (χ1n) is 6.53. The molecule has 1 aromatic rings. The van der Waals surface area contributed by atoms with Crippen molar-refractivity contribution < 1.29 is 4.43 Å². The lowest BCUT2D eigenvalue weighted by molar-refractivity contribution is -0.0374. The van der Waals surface area contributed by atoms with Gasteiger partial charge in [-0.05, 0) is 43.5 Å². The first-order chi connectivity index (χ1) is 7.77. The summed E-state index contributed by atoms with van der Waals surface area (Å²) in [4.78, 5) is 0. The maximum atomic E-state index is 6.60. The van der Waals surface area contributed by atoms with E-state index in [1.165, 1.54) is 17.7 Å². The van der Waals surface area contributed by atoms with Crippen LogP contribution in [0.2, 0.25) is 12.6 Å². The van der Waals surface area contributed by atoms with Gasteiger partial charge in [0.2, 0.25) is 8.32 Å². The van der Waals surface area contributed by atoms with E-state index in [-0.39, 0.29) is 11.0 Å². The molecule has 94 valence electrons. The standard InChI is InChI=1S/C15H24OSi/c1-14(2)11-12-17(5,16-15(14,3)4)13-9-7-6-8-10-13/h6-10H,11-12H2,1-5H3. The maximum absolute atomic E-state index is 6.60. The van der Waals surface area contributed by atoms with Gasteiger partial charge in [0.15, 0.2) is 0 Å². The highest BCUT2D eigenvalue weighted by Crippen LogP contribution is 2.46. The molecule has 0 radical (unpaired) electrons. The van der Waals surface area contributed by atoms with Crippen molar-refractivity contribution in [2.24, 2.45) is 5.41 Å². The maximum Gasteiger partial charge on any atom is 0.221 e. The van der Waals surface area contributed by atoms with Gasteiger partial charge >= 0.3 is 0 Å². The molecule has 1 heterocycles. The normalized spacial score (nSPS) is 31.1. The minimum atomic E-state index is -1.74. The topological polar surface area (TPSA) is 9.23 Å². The molecule has 2 heteroatoms. The summed E-state index contributed by atoms with van der Waals surface area (Å²) >= 11 is 0. The van der Waals surface area contributed by atoms with Crippen molar-refractivity contribution in [3.05, 3.63) is 30.3 Å².